The Hall–Kier alpha value is -0.910. The predicted octanol–water partition coefficient (Wildman–Crippen LogP) is 6.15. The van der Waals surface area contributed by atoms with Crippen molar-refractivity contribution in [3.8, 4) is 0 Å². The molecule has 0 heterocycles. The Labute approximate surface area is 237 Å². The number of hydrogen-bond donors (Lipinski definition) is 3. The number of aliphatic hydroxyl groups excluding tert-OH is 3. The highest BCUT2D eigenvalue weighted by Gasteiger charge is 2.72. The number of ether oxygens (including phenoxy) is 1. The molecule has 5 aliphatic carbocycles. The van der Waals surface area contributed by atoms with Crippen LogP contribution in [-0.2, 0) is 9.53 Å². The Morgan fingerprint density at radius 3 is 2.28 bits per heavy atom. The van der Waals surface area contributed by atoms with Crippen LogP contribution in [0.4, 0.5) is 0 Å². The van der Waals surface area contributed by atoms with E-state index in [2.05, 4.69) is 41.2 Å². The standard InChI is InChI=1S/C34H56O5/c1-21(2)23-10-15-34(29(38)39-19-22(3)18-35)17-16-32(6)24(28(23)34)8-9-26-30(4)13-12-27(37)31(5,20-36)25(30)11-14-33(26,32)7/h22-28,35-37H,1,8-20H2,2-7H3/t22?,23?,24?,25?,26?,27-,28?,30-,31-,32+,33+,34-/m0/s1. The zero-order valence-corrected chi connectivity index (χ0v) is 25.6. The van der Waals surface area contributed by atoms with Crippen LogP contribution in [0.25, 0.3) is 0 Å². The first kappa shape index (κ1) is 29.6. The third-order valence-corrected chi connectivity index (χ3v) is 14.4. The van der Waals surface area contributed by atoms with Gasteiger partial charge in [-0.15, -0.1) is 0 Å². The number of esters is 1. The van der Waals surface area contributed by atoms with Crippen LogP contribution in [0.1, 0.15) is 106 Å². The lowest BCUT2D eigenvalue weighted by Crippen LogP contribution is -2.67. The maximum Gasteiger partial charge on any atom is 0.312 e. The minimum atomic E-state index is -0.433. The first-order chi connectivity index (χ1) is 18.2. The fourth-order valence-electron chi connectivity index (χ4n) is 11.9. The van der Waals surface area contributed by atoms with E-state index in [4.69, 9.17) is 4.74 Å². The summed E-state index contributed by atoms with van der Waals surface area (Å²) in [6.07, 6.45) is 9.70. The van der Waals surface area contributed by atoms with Gasteiger partial charge in [-0.2, -0.15) is 0 Å². The summed E-state index contributed by atoms with van der Waals surface area (Å²) in [5, 5.41) is 31.0. The Kier molecular flexibility index (Phi) is 7.46. The van der Waals surface area contributed by atoms with Gasteiger partial charge in [0.25, 0.3) is 0 Å². The molecule has 0 amide bonds. The summed E-state index contributed by atoms with van der Waals surface area (Å²) in [7, 11) is 0. The Balaban J connectivity index is 1.51. The predicted molar refractivity (Wildman–Crippen MR) is 154 cm³/mol. The average Bonchev–Trinajstić information content (AvgIpc) is 3.31. The Morgan fingerprint density at radius 2 is 1.64 bits per heavy atom. The molecule has 0 aliphatic heterocycles. The van der Waals surface area contributed by atoms with Crippen molar-refractivity contribution in [1.82, 2.24) is 0 Å². The smallest absolute Gasteiger partial charge is 0.312 e. The molecule has 0 radical (unpaired) electrons. The second-order valence-corrected chi connectivity index (χ2v) is 15.9. The first-order valence-electron chi connectivity index (χ1n) is 16.0. The minimum Gasteiger partial charge on any atom is -0.465 e. The van der Waals surface area contributed by atoms with Gasteiger partial charge in [0.1, 0.15) is 0 Å². The molecule has 12 atom stereocenters. The highest BCUT2D eigenvalue weighted by Crippen LogP contribution is 2.77. The lowest BCUT2D eigenvalue weighted by Gasteiger charge is -2.72. The van der Waals surface area contributed by atoms with Crippen molar-refractivity contribution in [3.05, 3.63) is 12.2 Å². The zero-order valence-electron chi connectivity index (χ0n) is 25.6. The lowest BCUT2D eigenvalue weighted by molar-refractivity contribution is -0.254. The summed E-state index contributed by atoms with van der Waals surface area (Å²) in [4.78, 5) is 13.9. The van der Waals surface area contributed by atoms with Crippen molar-refractivity contribution in [2.45, 2.75) is 112 Å². The van der Waals surface area contributed by atoms with Crippen molar-refractivity contribution < 1.29 is 24.9 Å². The number of fused-ring (bicyclic) bond motifs is 7. The summed E-state index contributed by atoms with van der Waals surface area (Å²) in [5.41, 5.74) is 0.738. The van der Waals surface area contributed by atoms with Crippen LogP contribution in [0.15, 0.2) is 12.2 Å². The molecule has 222 valence electrons. The van der Waals surface area contributed by atoms with Crippen molar-refractivity contribution in [1.29, 1.82) is 0 Å². The molecule has 5 saturated carbocycles. The molecule has 0 aromatic carbocycles. The molecule has 6 unspecified atom stereocenters. The zero-order chi connectivity index (χ0) is 28.6. The van der Waals surface area contributed by atoms with Gasteiger partial charge in [0.05, 0.1) is 24.7 Å². The molecule has 5 aliphatic rings. The number of carbonyl (C=O) groups is 1. The minimum absolute atomic E-state index is 0.0264. The van der Waals surface area contributed by atoms with Crippen LogP contribution >= 0.6 is 0 Å². The third-order valence-electron chi connectivity index (χ3n) is 14.4. The summed E-state index contributed by atoms with van der Waals surface area (Å²) >= 11 is 0. The van der Waals surface area contributed by atoms with E-state index in [1.165, 1.54) is 5.57 Å². The van der Waals surface area contributed by atoms with Crippen molar-refractivity contribution in [2.75, 3.05) is 19.8 Å². The molecule has 5 nitrogen and oxygen atoms in total. The topological polar surface area (TPSA) is 87.0 Å². The number of hydrogen-bond acceptors (Lipinski definition) is 5. The average molecular weight is 545 g/mol. The Bertz CT molecular complexity index is 979. The Morgan fingerprint density at radius 1 is 0.923 bits per heavy atom. The molecule has 0 saturated heterocycles. The number of carbonyl (C=O) groups excluding carboxylic acids is 1. The summed E-state index contributed by atoms with van der Waals surface area (Å²) in [5.74, 6) is 1.90. The van der Waals surface area contributed by atoms with Gasteiger partial charge in [-0.05, 0) is 117 Å². The SMILES string of the molecule is C=C(C)C1CC[C@]2(C(=O)OCC(C)CO)CC[C@]3(C)C(CCC4[C@@]5(C)CC[C@H](O)[C@@](C)(CO)C5CC[C@]43C)C12. The van der Waals surface area contributed by atoms with Crippen LogP contribution in [0, 0.1) is 62.6 Å². The normalized spacial score (nSPS) is 51.6. The molecule has 5 heteroatoms. The molecule has 0 spiro atoms. The van der Waals surface area contributed by atoms with Gasteiger partial charge in [0, 0.05) is 17.9 Å². The number of aliphatic hydroxyl groups is 3. The van der Waals surface area contributed by atoms with Crippen LogP contribution in [-0.4, -0.2) is 47.2 Å². The monoisotopic (exact) mass is 544 g/mol. The van der Waals surface area contributed by atoms with E-state index in [0.29, 0.717) is 30.3 Å². The van der Waals surface area contributed by atoms with E-state index < -0.39 is 16.9 Å². The summed E-state index contributed by atoms with van der Waals surface area (Å²) in [6, 6.07) is 0. The molecular weight excluding hydrogens is 488 g/mol. The van der Waals surface area contributed by atoms with Gasteiger partial charge in [-0.1, -0.05) is 46.8 Å². The second-order valence-electron chi connectivity index (χ2n) is 15.9. The molecule has 5 rings (SSSR count). The number of rotatable bonds is 6. The van der Waals surface area contributed by atoms with E-state index in [9.17, 15) is 20.1 Å². The van der Waals surface area contributed by atoms with Crippen LogP contribution in [0.2, 0.25) is 0 Å². The van der Waals surface area contributed by atoms with E-state index in [1.807, 2.05) is 6.92 Å². The molecule has 0 bridgehead atoms. The van der Waals surface area contributed by atoms with E-state index in [-0.39, 0.29) is 47.3 Å². The molecule has 3 N–H and O–H groups in total. The van der Waals surface area contributed by atoms with Gasteiger partial charge < -0.3 is 20.1 Å². The second kappa shape index (κ2) is 9.83. The van der Waals surface area contributed by atoms with Crippen LogP contribution < -0.4 is 0 Å². The van der Waals surface area contributed by atoms with Crippen molar-refractivity contribution in [2.24, 2.45) is 62.6 Å². The number of allylic oxidation sites excluding steroid dienone is 1. The van der Waals surface area contributed by atoms with Crippen molar-refractivity contribution in [3.63, 3.8) is 0 Å². The maximum atomic E-state index is 13.9. The molecule has 39 heavy (non-hydrogen) atoms. The summed E-state index contributed by atoms with van der Waals surface area (Å²) < 4.78 is 5.97. The molecule has 5 fully saturated rings. The van der Waals surface area contributed by atoms with E-state index in [0.717, 1.165) is 64.2 Å². The van der Waals surface area contributed by atoms with Gasteiger partial charge in [0.2, 0.25) is 0 Å². The van der Waals surface area contributed by atoms with E-state index >= 15 is 0 Å². The first-order valence-corrected chi connectivity index (χ1v) is 16.0. The summed E-state index contributed by atoms with van der Waals surface area (Å²) in [6.45, 7) is 18.7. The molecular formula is C34H56O5. The van der Waals surface area contributed by atoms with Gasteiger partial charge >= 0.3 is 5.97 Å². The lowest BCUT2D eigenvalue weighted by atomic mass is 9.32. The fraction of sp³-hybridized carbons (Fsp3) is 0.912. The van der Waals surface area contributed by atoms with Crippen molar-refractivity contribution >= 4 is 5.97 Å². The van der Waals surface area contributed by atoms with Gasteiger partial charge in [0.15, 0.2) is 0 Å². The highest BCUT2D eigenvalue weighted by molar-refractivity contribution is 5.78. The van der Waals surface area contributed by atoms with Crippen LogP contribution in [0.3, 0.4) is 0 Å². The largest absolute Gasteiger partial charge is 0.465 e. The van der Waals surface area contributed by atoms with Crippen LogP contribution in [0.5, 0.6) is 0 Å². The van der Waals surface area contributed by atoms with E-state index in [1.54, 1.807) is 0 Å². The quantitative estimate of drug-likeness (QED) is 0.276. The molecule has 0 aromatic heterocycles. The maximum absolute atomic E-state index is 13.9. The van der Waals surface area contributed by atoms with Gasteiger partial charge in [-0.25, -0.2) is 0 Å². The third kappa shape index (κ3) is 3.91. The van der Waals surface area contributed by atoms with Gasteiger partial charge in [-0.3, -0.25) is 4.79 Å². The fourth-order valence-corrected chi connectivity index (χ4v) is 11.9. The molecule has 0 aromatic rings. The highest BCUT2D eigenvalue weighted by atomic mass is 16.5.